The molecule has 0 radical (unpaired) electrons. The summed E-state index contributed by atoms with van der Waals surface area (Å²) in [6, 6.07) is 11.3. The van der Waals surface area contributed by atoms with Crippen LogP contribution in [0, 0.1) is 6.92 Å². The summed E-state index contributed by atoms with van der Waals surface area (Å²) >= 11 is 0. The van der Waals surface area contributed by atoms with Crippen molar-refractivity contribution in [2.75, 3.05) is 6.79 Å². The highest BCUT2D eigenvalue weighted by Gasteiger charge is 2.15. The molecule has 2 aromatic carbocycles. The third-order valence-electron chi connectivity index (χ3n) is 2.94. The van der Waals surface area contributed by atoms with Crippen molar-refractivity contribution in [2.45, 2.75) is 11.8 Å². The largest absolute Gasteiger partial charge is 0.454 e. The molecule has 0 unspecified atom stereocenters. The van der Waals surface area contributed by atoms with Crippen molar-refractivity contribution in [3.63, 3.8) is 0 Å². The fourth-order valence-corrected chi connectivity index (χ4v) is 2.58. The fourth-order valence-electron chi connectivity index (χ4n) is 1.81. The van der Waals surface area contributed by atoms with Crippen molar-refractivity contribution in [1.82, 2.24) is 0 Å². The molecule has 1 aliphatic heterocycles. The number of ether oxygens (including phenoxy) is 2. The summed E-state index contributed by atoms with van der Waals surface area (Å²) in [6.45, 7) is 2.03. The molecule has 108 valence electrons. The summed E-state index contributed by atoms with van der Waals surface area (Å²) < 4.78 is 37.9. The predicted octanol–water partition coefficient (Wildman–Crippen LogP) is 3.20. The average Bonchev–Trinajstić information content (AvgIpc) is 2.93. The molecule has 1 heterocycles. The van der Waals surface area contributed by atoms with E-state index < -0.39 is 10.0 Å². The Morgan fingerprint density at radius 2 is 1.71 bits per heavy atom. The van der Waals surface area contributed by atoms with Crippen molar-refractivity contribution < 1.29 is 17.9 Å². The first kappa shape index (κ1) is 13.6. The van der Waals surface area contributed by atoms with Crippen molar-refractivity contribution in [2.24, 2.45) is 9.63 Å². The van der Waals surface area contributed by atoms with Gasteiger partial charge in [-0.05, 0) is 31.2 Å². The van der Waals surface area contributed by atoms with Gasteiger partial charge in [-0.1, -0.05) is 22.2 Å². The third-order valence-corrected chi connectivity index (χ3v) is 4.10. The molecule has 0 N–H and O–H groups in total. The minimum absolute atomic E-state index is 0.109. The van der Waals surface area contributed by atoms with Crippen LogP contribution >= 0.6 is 0 Å². The number of nitrogens with zero attached hydrogens (tertiary/aromatic N) is 2. The van der Waals surface area contributed by atoms with Gasteiger partial charge < -0.3 is 9.47 Å². The molecule has 21 heavy (non-hydrogen) atoms. The van der Waals surface area contributed by atoms with E-state index in [2.05, 4.69) is 9.63 Å². The zero-order valence-electron chi connectivity index (χ0n) is 11.2. The molecule has 2 aromatic rings. The molecule has 0 atom stereocenters. The molecule has 0 amide bonds. The monoisotopic (exact) mass is 304 g/mol. The second kappa shape index (κ2) is 5.17. The SMILES string of the molecule is Cc1ccc(S(=O)(=O)N=Nc2ccc3c(c2)OCO3)cc1. The molecule has 1 aliphatic rings. The van der Waals surface area contributed by atoms with Crippen LogP contribution in [0.4, 0.5) is 5.69 Å². The van der Waals surface area contributed by atoms with E-state index in [1.807, 2.05) is 6.92 Å². The number of benzene rings is 2. The second-order valence-corrected chi connectivity index (χ2v) is 6.09. The molecule has 0 bridgehead atoms. The van der Waals surface area contributed by atoms with Crippen LogP contribution < -0.4 is 9.47 Å². The van der Waals surface area contributed by atoms with Crippen LogP contribution in [-0.2, 0) is 10.0 Å². The van der Waals surface area contributed by atoms with E-state index >= 15 is 0 Å². The summed E-state index contributed by atoms with van der Waals surface area (Å²) in [5.74, 6) is 1.13. The van der Waals surface area contributed by atoms with E-state index in [1.54, 1.807) is 30.3 Å². The molecule has 7 heteroatoms. The number of aryl methyl sites for hydroxylation is 1. The molecule has 0 spiro atoms. The van der Waals surface area contributed by atoms with Crippen LogP contribution in [0.5, 0.6) is 11.5 Å². The number of sulfonamides is 1. The van der Waals surface area contributed by atoms with Gasteiger partial charge in [-0.3, -0.25) is 0 Å². The second-order valence-electron chi connectivity index (χ2n) is 4.51. The normalized spacial score (nSPS) is 13.8. The quantitative estimate of drug-likeness (QED) is 0.816. The zero-order valence-corrected chi connectivity index (χ0v) is 12.0. The van der Waals surface area contributed by atoms with Gasteiger partial charge in [-0.25, -0.2) is 0 Å². The maximum atomic E-state index is 12.0. The van der Waals surface area contributed by atoms with E-state index in [4.69, 9.17) is 9.47 Å². The van der Waals surface area contributed by atoms with Crippen LogP contribution in [0.1, 0.15) is 5.56 Å². The number of rotatable bonds is 3. The van der Waals surface area contributed by atoms with Crippen LogP contribution in [0.25, 0.3) is 0 Å². The summed E-state index contributed by atoms with van der Waals surface area (Å²) in [5, 5.41) is 3.76. The van der Waals surface area contributed by atoms with Gasteiger partial charge in [0.05, 0.1) is 10.6 Å². The molecule has 0 aromatic heterocycles. The minimum atomic E-state index is -3.80. The molecule has 0 saturated carbocycles. The van der Waals surface area contributed by atoms with Gasteiger partial charge >= 0.3 is 0 Å². The lowest BCUT2D eigenvalue weighted by Crippen LogP contribution is -1.95. The Morgan fingerprint density at radius 3 is 2.48 bits per heavy atom. The van der Waals surface area contributed by atoms with Gasteiger partial charge in [0.2, 0.25) is 6.79 Å². The van der Waals surface area contributed by atoms with Crippen LogP contribution in [-0.4, -0.2) is 15.2 Å². The molecular weight excluding hydrogens is 292 g/mol. The Bertz CT molecular complexity index is 798. The molecule has 3 rings (SSSR count). The van der Waals surface area contributed by atoms with Crippen molar-refractivity contribution >= 4 is 15.7 Å². The molecular formula is C14H12N2O4S. The Hall–Kier alpha value is -2.41. The highest BCUT2D eigenvalue weighted by atomic mass is 32.2. The lowest BCUT2D eigenvalue weighted by Gasteiger charge is -1.99. The lowest BCUT2D eigenvalue weighted by atomic mass is 10.2. The minimum Gasteiger partial charge on any atom is -0.454 e. The van der Waals surface area contributed by atoms with Crippen LogP contribution in [0.2, 0.25) is 0 Å². The van der Waals surface area contributed by atoms with Crippen molar-refractivity contribution in [3.05, 3.63) is 48.0 Å². The van der Waals surface area contributed by atoms with Crippen LogP contribution in [0.3, 0.4) is 0 Å². The summed E-state index contributed by atoms with van der Waals surface area (Å²) in [6.07, 6.45) is 0. The van der Waals surface area contributed by atoms with Gasteiger partial charge in [0.15, 0.2) is 11.5 Å². The molecule has 0 fully saturated rings. The van der Waals surface area contributed by atoms with E-state index in [0.29, 0.717) is 17.2 Å². The van der Waals surface area contributed by atoms with E-state index in [0.717, 1.165) is 5.56 Å². The van der Waals surface area contributed by atoms with Gasteiger partial charge in [0, 0.05) is 6.07 Å². The molecule has 6 nitrogen and oxygen atoms in total. The molecule has 0 saturated heterocycles. The maximum Gasteiger partial charge on any atom is 0.299 e. The lowest BCUT2D eigenvalue weighted by molar-refractivity contribution is 0.174. The smallest absolute Gasteiger partial charge is 0.299 e. The first-order chi connectivity index (χ1) is 10.0. The summed E-state index contributed by atoms with van der Waals surface area (Å²) in [4.78, 5) is 0.109. The van der Waals surface area contributed by atoms with E-state index in [1.165, 1.54) is 12.1 Å². The predicted molar refractivity (Wildman–Crippen MR) is 75.4 cm³/mol. The first-order valence-electron chi connectivity index (χ1n) is 6.19. The van der Waals surface area contributed by atoms with E-state index in [9.17, 15) is 8.42 Å². The van der Waals surface area contributed by atoms with Gasteiger partial charge in [0.1, 0.15) is 0 Å². The average molecular weight is 304 g/mol. The Morgan fingerprint density at radius 1 is 1.00 bits per heavy atom. The number of hydrogen-bond donors (Lipinski definition) is 0. The highest BCUT2D eigenvalue weighted by Crippen LogP contribution is 2.35. The Kier molecular flexibility index (Phi) is 3.34. The maximum absolute atomic E-state index is 12.0. The standard InChI is InChI=1S/C14H12N2O4S/c1-10-2-5-12(6-3-10)21(17,18)16-15-11-4-7-13-14(8-11)20-9-19-13/h2-8H,9H2,1H3. The van der Waals surface area contributed by atoms with Crippen LogP contribution in [0.15, 0.2) is 57.0 Å². The topological polar surface area (TPSA) is 77.3 Å². The summed E-state index contributed by atoms with van der Waals surface area (Å²) in [5.41, 5.74) is 1.36. The first-order valence-corrected chi connectivity index (χ1v) is 7.63. The number of hydrogen-bond acceptors (Lipinski definition) is 5. The molecule has 0 aliphatic carbocycles. The summed E-state index contributed by atoms with van der Waals surface area (Å²) in [7, 11) is -3.80. The fraction of sp³-hybridized carbons (Fsp3) is 0.143. The van der Waals surface area contributed by atoms with Gasteiger partial charge in [-0.2, -0.15) is 8.42 Å². The number of fused-ring (bicyclic) bond motifs is 1. The third kappa shape index (κ3) is 2.87. The Balaban J connectivity index is 1.86. The highest BCUT2D eigenvalue weighted by molar-refractivity contribution is 7.90. The van der Waals surface area contributed by atoms with E-state index in [-0.39, 0.29) is 11.7 Å². The Labute approximate surface area is 122 Å². The van der Waals surface area contributed by atoms with Crippen molar-refractivity contribution in [3.8, 4) is 11.5 Å². The van der Waals surface area contributed by atoms with Gasteiger partial charge in [-0.15, -0.1) is 5.11 Å². The van der Waals surface area contributed by atoms with Crippen molar-refractivity contribution in [1.29, 1.82) is 0 Å². The zero-order chi connectivity index (χ0) is 14.9. The van der Waals surface area contributed by atoms with Gasteiger partial charge in [0.25, 0.3) is 10.0 Å².